The maximum absolute atomic E-state index is 2.55. The Morgan fingerprint density at radius 3 is 1.50 bits per heavy atom. The van der Waals surface area contributed by atoms with E-state index in [-0.39, 0.29) is 10.8 Å². The third-order valence-corrected chi connectivity index (χ3v) is 15.1. The maximum atomic E-state index is 2.55. The molecule has 0 radical (unpaired) electrons. The molecule has 326 valence electrons. The lowest BCUT2D eigenvalue weighted by atomic mass is 9.72. The van der Waals surface area contributed by atoms with Crippen molar-refractivity contribution in [3.63, 3.8) is 0 Å². The molecule has 0 aromatic heterocycles. The lowest BCUT2D eigenvalue weighted by Gasteiger charge is -2.33. The van der Waals surface area contributed by atoms with E-state index in [2.05, 4.69) is 235 Å². The minimum absolute atomic E-state index is 0.228. The van der Waals surface area contributed by atoms with Crippen LogP contribution in [-0.4, -0.2) is 0 Å². The van der Waals surface area contributed by atoms with Crippen LogP contribution in [0, 0.1) is 27.7 Å². The van der Waals surface area contributed by atoms with E-state index in [1.165, 1.54) is 112 Å². The zero-order valence-corrected chi connectivity index (χ0v) is 39.9. The lowest BCUT2D eigenvalue weighted by Crippen LogP contribution is -2.25. The van der Waals surface area contributed by atoms with Crippen molar-refractivity contribution >= 4 is 28.4 Å². The summed E-state index contributed by atoms with van der Waals surface area (Å²) in [6, 6.07) is 52.5. The van der Waals surface area contributed by atoms with Gasteiger partial charge in [-0.15, -0.1) is 0 Å². The smallest absolute Gasteiger partial charge is 0.0467 e. The first-order valence-corrected chi connectivity index (χ1v) is 24.0. The Labute approximate surface area is 393 Å². The molecule has 66 heavy (non-hydrogen) atoms. The highest BCUT2D eigenvalue weighted by Crippen LogP contribution is 2.61. The minimum Gasteiger partial charge on any atom is -0.314 e. The van der Waals surface area contributed by atoms with Gasteiger partial charge in [0.2, 0.25) is 0 Å². The molecule has 2 nitrogen and oxygen atoms in total. The standard InChI is InChI=1S/C64H60N2/c1-41-17-15-23-51(35-41)65(49-29-25-47(26-30-49)45-19-11-9-12-20-45)53-37-43(3)59-55-33-34-56-60-44(4)38-54(40-58(60)64(7,8)62(56)61(55)63(5,6)57(59)39-53)66(52-24-16-18-42(2)36-52)50-31-27-48(28-32-50)46-21-13-10-14-22-46/h9-13,15-21,23-27,29-31,33-40H,14,22,28,32H2,1-8H3. The van der Waals surface area contributed by atoms with Crippen LogP contribution in [0.3, 0.4) is 0 Å². The molecule has 0 N–H and O–H groups in total. The molecular formula is C64H60N2. The first kappa shape index (κ1) is 41.8. The highest BCUT2D eigenvalue weighted by Gasteiger charge is 2.47. The first-order valence-electron chi connectivity index (χ1n) is 24.0. The number of hydrogen-bond acceptors (Lipinski definition) is 2. The molecule has 7 aromatic rings. The summed E-state index contributed by atoms with van der Waals surface area (Å²) in [4.78, 5) is 5.00. The number of allylic oxidation sites excluding steroid dienone is 8. The van der Waals surface area contributed by atoms with Crippen molar-refractivity contribution in [2.45, 2.75) is 91.9 Å². The van der Waals surface area contributed by atoms with Crippen molar-refractivity contribution in [2.24, 2.45) is 0 Å². The van der Waals surface area contributed by atoms with Crippen molar-refractivity contribution in [2.75, 3.05) is 9.80 Å². The monoisotopic (exact) mass is 856 g/mol. The molecule has 2 heteroatoms. The van der Waals surface area contributed by atoms with Gasteiger partial charge in [0.1, 0.15) is 0 Å². The first-order chi connectivity index (χ1) is 31.9. The van der Waals surface area contributed by atoms with Crippen molar-refractivity contribution in [1.29, 1.82) is 0 Å². The SMILES string of the molecule is Cc1cccc(N(C2=CC=C(C3=CC=CCC3)CC2)c2cc(C)c3c(c2)C(C)(C)c2c-3ccc3c2C(C)(C)c2cc(N(c4ccc(-c5ccccc5)cc4)c4cccc(C)c4)cc(C)c2-3)c1. The van der Waals surface area contributed by atoms with Crippen molar-refractivity contribution in [3.05, 3.63) is 231 Å². The van der Waals surface area contributed by atoms with Crippen LogP contribution in [0.1, 0.15) is 97.9 Å². The Bertz CT molecular complexity index is 3220. The highest BCUT2D eigenvalue weighted by atomic mass is 15.2. The molecule has 7 aromatic carbocycles. The second-order valence-corrected chi connectivity index (χ2v) is 20.3. The number of rotatable bonds is 8. The van der Waals surface area contributed by atoms with Gasteiger partial charge >= 0.3 is 0 Å². The molecule has 11 rings (SSSR count). The van der Waals surface area contributed by atoms with Crippen LogP contribution in [0.25, 0.3) is 33.4 Å². The summed E-state index contributed by atoms with van der Waals surface area (Å²) in [5.74, 6) is 0. The average Bonchev–Trinajstić information content (AvgIpc) is 3.70. The average molecular weight is 857 g/mol. The summed E-state index contributed by atoms with van der Waals surface area (Å²) in [5, 5.41) is 0. The van der Waals surface area contributed by atoms with E-state index in [9.17, 15) is 0 Å². The third kappa shape index (κ3) is 6.84. The molecule has 0 amide bonds. The number of aryl methyl sites for hydroxylation is 4. The second kappa shape index (κ2) is 15.9. The minimum atomic E-state index is -0.240. The van der Waals surface area contributed by atoms with E-state index in [4.69, 9.17) is 0 Å². The van der Waals surface area contributed by atoms with Crippen LogP contribution in [-0.2, 0) is 10.8 Å². The number of nitrogens with zero attached hydrogens (tertiary/aromatic N) is 2. The van der Waals surface area contributed by atoms with E-state index in [1.807, 2.05) is 0 Å². The fourth-order valence-electron chi connectivity index (χ4n) is 11.9. The van der Waals surface area contributed by atoms with Gasteiger partial charge in [-0.3, -0.25) is 0 Å². The van der Waals surface area contributed by atoms with Crippen LogP contribution in [0.2, 0.25) is 0 Å². The Morgan fingerprint density at radius 2 is 0.970 bits per heavy atom. The van der Waals surface area contributed by atoms with Gasteiger partial charge in [0.15, 0.2) is 0 Å². The zero-order valence-electron chi connectivity index (χ0n) is 39.9. The predicted octanol–water partition coefficient (Wildman–Crippen LogP) is 17.7. The van der Waals surface area contributed by atoms with Crippen molar-refractivity contribution < 1.29 is 0 Å². The Balaban J connectivity index is 1.01. The van der Waals surface area contributed by atoms with Gasteiger partial charge in [0.05, 0.1) is 0 Å². The summed E-state index contributed by atoms with van der Waals surface area (Å²) in [7, 11) is 0. The summed E-state index contributed by atoms with van der Waals surface area (Å²) < 4.78 is 0. The maximum Gasteiger partial charge on any atom is 0.0467 e. The molecule has 4 aliphatic rings. The Kier molecular flexibility index (Phi) is 10.1. The summed E-state index contributed by atoms with van der Waals surface area (Å²) in [6.45, 7) is 19.0. The zero-order chi connectivity index (χ0) is 45.5. The van der Waals surface area contributed by atoms with Crippen molar-refractivity contribution in [1.82, 2.24) is 0 Å². The van der Waals surface area contributed by atoms with Crippen LogP contribution in [0.5, 0.6) is 0 Å². The predicted molar refractivity (Wildman–Crippen MR) is 281 cm³/mol. The number of fused-ring (bicyclic) bond motifs is 7. The number of benzene rings is 7. The molecule has 0 bridgehead atoms. The largest absolute Gasteiger partial charge is 0.314 e. The second-order valence-electron chi connectivity index (χ2n) is 20.3. The van der Waals surface area contributed by atoms with Crippen LogP contribution in [0.4, 0.5) is 28.4 Å². The molecule has 0 atom stereocenters. The van der Waals surface area contributed by atoms with E-state index < -0.39 is 0 Å². The van der Waals surface area contributed by atoms with Gasteiger partial charge in [-0.1, -0.05) is 131 Å². The van der Waals surface area contributed by atoms with Gasteiger partial charge in [-0.2, -0.15) is 0 Å². The molecule has 0 saturated carbocycles. The van der Waals surface area contributed by atoms with E-state index in [0.717, 1.165) is 37.1 Å². The molecule has 0 saturated heterocycles. The summed E-state index contributed by atoms with van der Waals surface area (Å²) in [6.07, 6.45) is 15.9. The fourth-order valence-corrected chi connectivity index (χ4v) is 11.9. The van der Waals surface area contributed by atoms with Crippen molar-refractivity contribution in [3.8, 4) is 33.4 Å². The highest BCUT2D eigenvalue weighted by molar-refractivity contribution is 5.95. The molecule has 0 fully saturated rings. The molecule has 0 unspecified atom stereocenters. The van der Waals surface area contributed by atoms with Gasteiger partial charge in [0.25, 0.3) is 0 Å². The van der Waals surface area contributed by atoms with E-state index in [0.29, 0.717) is 0 Å². The topological polar surface area (TPSA) is 6.48 Å². The van der Waals surface area contributed by atoms with Crippen LogP contribution in [0.15, 0.2) is 187 Å². The van der Waals surface area contributed by atoms with Gasteiger partial charge in [0, 0.05) is 45.0 Å². The molecule has 4 aliphatic carbocycles. The van der Waals surface area contributed by atoms with Gasteiger partial charge in [-0.25, -0.2) is 0 Å². The van der Waals surface area contributed by atoms with Crippen LogP contribution >= 0.6 is 0 Å². The van der Waals surface area contributed by atoms with Gasteiger partial charge in [-0.05, 0) is 209 Å². The van der Waals surface area contributed by atoms with Crippen LogP contribution < -0.4 is 9.80 Å². The number of hydrogen-bond donors (Lipinski definition) is 0. The Morgan fingerprint density at radius 1 is 0.424 bits per heavy atom. The normalized spacial score (nSPS) is 16.1. The molecular weight excluding hydrogens is 797 g/mol. The van der Waals surface area contributed by atoms with E-state index >= 15 is 0 Å². The molecule has 0 aliphatic heterocycles. The summed E-state index contributed by atoms with van der Waals surface area (Å²) in [5.41, 5.74) is 28.7. The quantitative estimate of drug-likeness (QED) is 0.150. The third-order valence-electron chi connectivity index (χ3n) is 15.1. The Hall–Kier alpha value is -6.90. The summed E-state index contributed by atoms with van der Waals surface area (Å²) >= 11 is 0. The molecule has 0 heterocycles. The lowest BCUT2D eigenvalue weighted by molar-refractivity contribution is 0.601. The molecule has 0 spiro atoms. The van der Waals surface area contributed by atoms with Gasteiger partial charge < -0.3 is 9.80 Å². The number of anilines is 5. The fraction of sp³-hybridized carbons (Fsp3) is 0.219. The van der Waals surface area contributed by atoms with E-state index in [1.54, 1.807) is 0 Å².